The molecule has 1 atom stereocenters. The Labute approximate surface area is 229 Å². The van der Waals surface area contributed by atoms with E-state index >= 15 is 0 Å². The van der Waals surface area contributed by atoms with Crippen LogP contribution in [-0.4, -0.2) is 23.3 Å². The van der Waals surface area contributed by atoms with Crippen molar-refractivity contribution in [3.63, 3.8) is 0 Å². The minimum atomic E-state index is -0.767. The third kappa shape index (κ3) is 7.95. The van der Waals surface area contributed by atoms with Crippen LogP contribution >= 0.6 is 23.2 Å². The number of nitrogens with zero attached hydrogens (tertiary/aromatic N) is 1. The fourth-order valence-electron chi connectivity index (χ4n) is 4.67. The third-order valence-electron chi connectivity index (χ3n) is 6.66. The quantitative estimate of drug-likeness (QED) is 0.277. The van der Waals surface area contributed by atoms with Gasteiger partial charge in [-0.2, -0.15) is 0 Å². The van der Waals surface area contributed by atoms with E-state index in [1.54, 1.807) is 29.2 Å². The Balaban J connectivity index is 1.60. The van der Waals surface area contributed by atoms with Gasteiger partial charge in [0.2, 0.25) is 11.8 Å². The SMILES string of the molecule is O=C(NCCC1=CCCCC1)[C@H](c1ccccc1)N(Cc1ccc(Cl)cc1)C(=O)Cc1ccc(Cl)cc1. The molecule has 0 bridgehead atoms. The van der Waals surface area contributed by atoms with E-state index in [9.17, 15) is 9.59 Å². The molecule has 0 radical (unpaired) electrons. The van der Waals surface area contributed by atoms with Crippen molar-refractivity contribution in [1.29, 1.82) is 0 Å². The average molecular weight is 536 g/mol. The molecule has 3 aromatic carbocycles. The van der Waals surface area contributed by atoms with Gasteiger partial charge in [-0.15, -0.1) is 0 Å². The zero-order valence-electron chi connectivity index (χ0n) is 20.8. The molecule has 0 saturated heterocycles. The summed E-state index contributed by atoms with van der Waals surface area (Å²) in [4.78, 5) is 29.2. The minimum absolute atomic E-state index is 0.142. The molecule has 192 valence electrons. The molecular weight excluding hydrogens is 503 g/mol. The Bertz CT molecular complexity index is 1210. The highest BCUT2D eigenvalue weighted by Crippen LogP contribution is 2.26. The van der Waals surface area contributed by atoms with E-state index in [2.05, 4.69) is 11.4 Å². The zero-order chi connectivity index (χ0) is 26.0. The van der Waals surface area contributed by atoms with E-state index in [1.807, 2.05) is 54.6 Å². The number of allylic oxidation sites excluding steroid dienone is 1. The van der Waals surface area contributed by atoms with Gasteiger partial charge in [0.1, 0.15) is 6.04 Å². The van der Waals surface area contributed by atoms with Crippen molar-refractivity contribution in [2.24, 2.45) is 0 Å². The molecule has 4 nitrogen and oxygen atoms in total. The summed E-state index contributed by atoms with van der Waals surface area (Å²) in [6.07, 6.45) is 7.95. The number of nitrogens with one attached hydrogen (secondary N) is 1. The number of halogens is 2. The number of carbonyl (C=O) groups is 2. The Morgan fingerprint density at radius 2 is 1.49 bits per heavy atom. The van der Waals surface area contributed by atoms with Crippen molar-refractivity contribution in [1.82, 2.24) is 10.2 Å². The molecule has 2 amide bonds. The number of rotatable bonds is 10. The van der Waals surface area contributed by atoms with Gasteiger partial charge in [0.25, 0.3) is 0 Å². The van der Waals surface area contributed by atoms with Crippen LogP contribution in [0, 0.1) is 0 Å². The first-order valence-corrected chi connectivity index (χ1v) is 13.5. The van der Waals surface area contributed by atoms with Gasteiger partial charge in [-0.05, 0) is 73.1 Å². The monoisotopic (exact) mass is 534 g/mol. The maximum Gasteiger partial charge on any atom is 0.247 e. The maximum atomic E-state index is 13.8. The molecule has 0 aromatic heterocycles. The smallest absolute Gasteiger partial charge is 0.247 e. The lowest BCUT2D eigenvalue weighted by atomic mass is 9.97. The molecule has 6 heteroatoms. The van der Waals surface area contributed by atoms with E-state index in [4.69, 9.17) is 23.2 Å². The number of benzene rings is 3. The highest BCUT2D eigenvalue weighted by Gasteiger charge is 2.31. The topological polar surface area (TPSA) is 49.4 Å². The predicted molar refractivity (Wildman–Crippen MR) is 151 cm³/mol. The molecule has 1 aliphatic carbocycles. The molecule has 0 spiro atoms. The molecule has 3 aromatic rings. The van der Waals surface area contributed by atoms with Gasteiger partial charge in [-0.1, -0.05) is 89.4 Å². The lowest BCUT2D eigenvalue weighted by molar-refractivity contribution is -0.141. The van der Waals surface area contributed by atoms with Crippen molar-refractivity contribution in [2.75, 3.05) is 6.54 Å². The Kier molecular flexibility index (Phi) is 9.81. The zero-order valence-corrected chi connectivity index (χ0v) is 22.3. The standard InChI is InChI=1S/C31H32Cl2N2O2/c32-27-15-11-24(12-16-27)21-29(36)35(22-25-13-17-28(33)18-14-25)30(26-9-5-2-6-10-26)31(37)34-20-19-23-7-3-1-4-8-23/h2,5-7,9-18,30H,1,3-4,8,19-22H2,(H,34,37)/t30-/m0/s1. The van der Waals surface area contributed by atoms with Gasteiger partial charge in [-0.25, -0.2) is 0 Å². The van der Waals surface area contributed by atoms with Crippen molar-refractivity contribution in [2.45, 2.75) is 51.1 Å². The highest BCUT2D eigenvalue weighted by molar-refractivity contribution is 6.30. The summed E-state index contributed by atoms with van der Waals surface area (Å²) in [6, 6.07) is 23.3. The fraction of sp³-hybridized carbons (Fsp3) is 0.290. The highest BCUT2D eigenvalue weighted by atomic mass is 35.5. The number of hydrogen-bond acceptors (Lipinski definition) is 2. The summed E-state index contributed by atoms with van der Waals surface area (Å²) in [7, 11) is 0. The van der Waals surface area contributed by atoms with Gasteiger partial charge in [0, 0.05) is 23.1 Å². The summed E-state index contributed by atoms with van der Waals surface area (Å²) >= 11 is 12.1. The van der Waals surface area contributed by atoms with Crippen LogP contribution in [0.5, 0.6) is 0 Å². The van der Waals surface area contributed by atoms with Crippen LogP contribution in [0.4, 0.5) is 0 Å². The lowest BCUT2D eigenvalue weighted by Gasteiger charge is -2.32. The molecule has 0 fully saturated rings. The van der Waals surface area contributed by atoms with E-state index in [1.165, 1.54) is 18.4 Å². The molecule has 1 N–H and O–H groups in total. The van der Waals surface area contributed by atoms with Gasteiger partial charge < -0.3 is 10.2 Å². The van der Waals surface area contributed by atoms with Crippen LogP contribution in [-0.2, 0) is 22.6 Å². The van der Waals surface area contributed by atoms with E-state index < -0.39 is 6.04 Å². The fourth-order valence-corrected chi connectivity index (χ4v) is 4.92. The van der Waals surface area contributed by atoms with Crippen molar-refractivity contribution in [3.8, 4) is 0 Å². The number of carbonyl (C=O) groups excluding carboxylic acids is 2. The van der Waals surface area contributed by atoms with Gasteiger partial charge >= 0.3 is 0 Å². The molecule has 0 aliphatic heterocycles. The second kappa shape index (κ2) is 13.5. The van der Waals surface area contributed by atoms with Gasteiger partial charge in [0.05, 0.1) is 6.42 Å². The second-order valence-electron chi connectivity index (χ2n) is 9.41. The van der Waals surface area contributed by atoms with Crippen LogP contribution in [0.3, 0.4) is 0 Å². The molecule has 1 aliphatic rings. The Morgan fingerprint density at radius 1 is 0.838 bits per heavy atom. The van der Waals surface area contributed by atoms with Crippen molar-refractivity contribution < 1.29 is 9.59 Å². The summed E-state index contributed by atoms with van der Waals surface area (Å²) in [5.41, 5.74) is 3.91. The molecular formula is C31H32Cl2N2O2. The van der Waals surface area contributed by atoms with Crippen LogP contribution in [0.15, 0.2) is 90.5 Å². The molecule has 37 heavy (non-hydrogen) atoms. The van der Waals surface area contributed by atoms with Crippen LogP contribution in [0.25, 0.3) is 0 Å². The molecule has 0 saturated carbocycles. The van der Waals surface area contributed by atoms with Crippen LogP contribution in [0.1, 0.15) is 54.8 Å². The van der Waals surface area contributed by atoms with Gasteiger partial charge in [0.15, 0.2) is 0 Å². The average Bonchev–Trinajstić information content (AvgIpc) is 2.92. The summed E-state index contributed by atoms with van der Waals surface area (Å²) < 4.78 is 0. The largest absolute Gasteiger partial charge is 0.354 e. The first-order valence-electron chi connectivity index (χ1n) is 12.8. The number of amides is 2. The van der Waals surface area contributed by atoms with E-state index in [0.717, 1.165) is 36.0 Å². The summed E-state index contributed by atoms with van der Waals surface area (Å²) in [5, 5.41) is 4.35. The maximum absolute atomic E-state index is 13.8. The van der Waals surface area contributed by atoms with Crippen molar-refractivity contribution in [3.05, 3.63) is 117 Å². The predicted octanol–water partition coefficient (Wildman–Crippen LogP) is 7.31. The summed E-state index contributed by atoms with van der Waals surface area (Å²) in [5.74, 6) is -0.322. The van der Waals surface area contributed by atoms with Gasteiger partial charge in [-0.3, -0.25) is 9.59 Å². The second-order valence-corrected chi connectivity index (χ2v) is 10.3. The first-order chi connectivity index (χ1) is 18.0. The van der Waals surface area contributed by atoms with Crippen molar-refractivity contribution >= 4 is 35.0 Å². The Hall–Kier alpha value is -3.08. The Morgan fingerprint density at radius 3 is 2.11 bits per heavy atom. The van der Waals surface area contributed by atoms with Crippen LogP contribution < -0.4 is 5.32 Å². The summed E-state index contributed by atoms with van der Waals surface area (Å²) in [6.45, 7) is 0.829. The third-order valence-corrected chi connectivity index (χ3v) is 7.16. The normalized spacial score (nSPS) is 13.9. The van der Waals surface area contributed by atoms with E-state index in [-0.39, 0.29) is 24.8 Å². The molecule has 0 heterocycles. The molecule has 4 rings (SSSR count). The van der Waals surface area contributed by atoms with Crippen LogP contribution in [0.2, 0.25) is 10.0 Å². The first kappa shape index (κ1) is 27.0. The number of hydrogen-bond donors (Lipinski definition) is 1. The molecule has 0 unspecified atom stereocenters. The lowest BCUT2D eigenvalue weighted by Crippen LogP contribution is -2.44. The van der Waals surface area contributed by atoms with E-state index in [0.29, 0.717) is 16.6 Å². The minimum Gasteiger partial charge on any atom is -0.354 e.